The summed E-state index contributed by atoms with van der Waals surface area (Å²) in [7, 11) is 7.90. The zero-order valence-corrected chi connectivity index (χ0v) is 24.5. The van der Waals surface area contributed by atoms with Gasteiger partial charge in [-0.25, -0.2) is 0 Å². The number of benzene rings is 4. The molecule has 0 fully saturated rings. The Kier molecular flexibility index (Phi) is 11.3. The van der Waals surface area contributed by atoms with Crippen molar-refractivity contribution in [1.29, 1.82) is 0 Å². The molecule has 0 aromatic heterocycles. The lowest BCUT2D eigenvalue weighted by molar-refractivity contribution is 0.0483. The van der Waals surface area contributed by atoms with E-state index in [0.717, 1.165) is 22.3 Å². The van der Waals surface area contributed by atoms with Crippen LogP contribution in [0.1, 0.15) is 5.56 Å². The summed E-state index contributed by atoms with van der Waals surface area (Å²) in [6, 6.07) is 25.0. The van der Waals surface area contributed by atoms with E-state index in [4.69, 9.17) is 42.6 Å². The van der Waals surface area contributed by atoms with Crippen molar-refractivity contribution in [3.8, 4) is 56.8 Å². The summed E-state index contributed by atoms with van der Waals surface area (Å²) in [5.74, 6) is 3.27. The van der Waals surface area contributed by atoms with Gasteiger partial charge in [0.2, 0.25) is 0 Å². The molecular formula is C33H36O9. The molecule has 9 nitrogen and oxygen atoms in total. The van der Waals surface area contributed by atoms with Gasteiger partial charge in [0.25, 0.3) is 0 Å². The topological polar surface area (TPSA) is 83.1 Å². The maximum atomic E-state index is 6.14. The molecule has 0 spiro atoms. The number of ether oxygens (including phenoxy) is 9. The van der Waals surface area contributed by atoms with Gasteiger partial charge in [-0.1, -0.05) is 48.5 Å². The molecule has 0 saturated heterocycles. The van der Waals surface area contributed by atoms with Gasteiger partial charge in [-0.15, -0.1) is 0 Å². The lowest BCUT2D eigenvalue weighted by Crippen LogP contribution is -2.06. The van der Waals surface area contributed by atoms with Crippen LogP contribution in [0.4, 0.5) is 0 Å². The Hall–Kier alpha value is -4.44. The molecule has 42 heavy (non-hydrogen) atoms. The van der Waals surface area contributed by atoms with Crippen LogP contribution >= 0.6 is 0 Å². The largest absolute Gasteiger partial charge is 0.496 e. The summed E-state index contributed by atoms with van der Waals surface area (Å²) in [4.78, 5) is 0. The fourth-order valence-electron chi connectivity index (χ4n) is 4.33. The van der Waals surface area contributed by atoms with Crippen molar-refractivity contribution in [3.05, 3.63) is 84.4 Å². The van der Waals surface area contributed by atoms with Gasteiger partial charge in [0, 0.05) is 26.9 Å². The van der Waals surface area contributed by atoms with Gasteiger partial charge < -0.3 is 42.6 Å². The lowest BCUT2D eigenvalue weighted by Gasteiger charge is -2.22. The molecule has 0 N–H and O–H groups in total. The normalized spacial score (nSPS) is 10.7. The number of rotatable bonds is 16. The van der Waals surface area contributed by atoms with Crippen molar-refractivity contribution in [3.63, 3.8) is 0 Å². The fraction of sp³-hybridized carbons (Fsp3) is 0.273. The molecule has 9 heteroatoms. The van der Waals surface area contributed by atoms with Gasteiger partial charge in [0.1, 0.15) is 18.1 Å². The molecule has 0 saturated carbocycles. The van der Waals surface area contributed by atoms with Crippen LogP contribution in [0.5, 0.6) is 34.5 Å². The Labute approximate surface area is 246 Å². The van der Waals surface area contributed by atoms with Crippen LogP contribution in [0.15, 0.2) is 78.9 Å². The average Bonchev–Trinajstić information content (AvgIpc) is 3.04. The summed E-state index contributed by atoms with van der Waals surface area (Å²) in [6.07, 6.45) is 0. The predicted molar refractivity (Wildman–Crippen MR) is 159 cm³/mol. The SMILES string of the molecule is COCOc1ccc(-c2cc(OC)c(-c3ccc(OCc4ccccc4)c(OCOC)c3)c(OCOC)c2OC)cc1. The van der Waals surface area contributed by atoms with Gasteiger partial charge in [-0.05, 0) is 47.0 Å². The highest BCUT2D eigenvalue weighted by Gasteiger charge is 2.25. The van der Waals surface area contributed by atoms with Gasteiger partial charge >= 0.3 is 0 Å². The van der Waals surface area contributed by atoms with E-state index in [9.17, 15) is 0 Å². The molecule has 0 heterocycles. The number of methoxy groups -OCH3 is 5. The van der Waals surface area contributed by atoms with Crippen LogP contribution in [0.3, 0.4) is 0 Å². The Morgan fingerprint density at radius 2 is 1.17 bits per heavy atom. The maximum Gasteiger partial charge on any atom is 0.188 e. The molecule has 0 bridgehead atoms. The Morgan fingerprint density at radius 1 is 0.500 bits per heavy atom. The van der Waals surface area contributed by atoms with Gasteiger partial charge in [0.05, 0.1) is 19.8 Å². The minimum Gasteiger partial charge on any atom is -0.496 e. The van der Waals surface area contributed by atoms with Crippen molar-refractivity contribution < 1.29 is 42.6 Å². The van der Waals surface area contributed by atoms with Crippen LogP contribution in [0.2, 0.25) is 0 Å². The van der Waals surface area contributed by atoms with E-state index in [1.165, 1.54) is 0 Å². The van der Waals surface area contributed by atoms with Crippen molar-refractivity contribution >= 4 is 0 Å². The summed E-state index contributed by atoms with van der Waals surface area (Å²) in [5, 5.41) is 0. The van der Waals surface area contributed by atoms with Gasteiger partial charge in [-0.2, -0.15) is 0 Å². The van der Waals surface area contributed by atoms with E-state index in [2.05, 4.69) is 0 Å². The smallest absolute Gasteiger partial charge is 0.188 e. The summed E-state index contributed by atoms with van der Waals surface area (Å²) in [6.45, 7) is 0.575. The Bertz CT molecular complexity index is 1410. The third-order valence-corrected chi connectivity index (χ3v) is 6.26. The van der Waals surface area contributed by atoms with E-state index in [-0.39, 0.29) is 20.4 Å². The third-order valence-electron chi connectivity index (χ3n) is 6.26. The van der Waals surface area contributed by atoms with Crippen molar-refractivity contribution in [2.45, 2.75) is 6.61 Å². The Morgan fingerprint density at radius 3 is 1.83 bits per heavy atom. The second kappa shape index (κ2) is 15.5. The van der Waals surface area contributed by atoms with E-state index >= 15 is 0 Å². The van der Waals surface area contributed by atoms with Gasteiger partial charge in [0.15, 0.2) is 43.4 Å². The third kappa shape index (κ3) is 7.44. The Balaban J connectivity index is 1.80. The number of hydrogen-bond donors (Lipinski definition) is 0. The molecule has 0 unspecified atom stereocenters. The minimum absolute atomic E-state index is 0.00886. The molecule has 0 aliphatic heterocycles. The highest BCUT2D eigenvalue weighted by molar-refractivity contribution is 5.88. The monoisotopic (exact) mass is 576 g/mol. The predicted octanol–water partition coefficient (Wildman–Crippen LogP) is 6.56. The summed E-state index contributed by atoms with van der Waals surface area (Å²) in [5.41, 5.74) is 4.09. The van der Waals surface area contributed by atoms with Crippen LogP contribution < -0.4 is 28.4 Å². The molecule has 4 rings (SSSR count). The van der Waals surface area contributed by atoms with E-state index in [0.29, 0.717) is 46.7 Å². The molecule has 4 aromatic carbocycles. The molecule has 0 aliphatic rings. The van der Waals surface area contributed by atoms with Crippen molar-refractivity contribution in [1.82, 2.24) is 0 Å². The molecule has 4 aromatic rings. The zero-order valence-electron chi connectivity index (χ0n) is 24.5. The van der Waals surface area contributed by atoms with Crippen LogP contribution in [-0.4, -0.2) is 55.9 Å². The second-order valence-electron chi connectivity index (χ2n) is 8.98. The molecule has 0 atom stereocenters. The summed E-state index contributed by atoms with van der Waals surface area (Å²) < 4.78 is 51.0. The van der Waals surface area contributed by atoms with E-state index in [1.807, 2.05) is 78.9 Å². The molecule has 0 radical (unpaired) electrons. The average molecular weight is 577 g/mol. The number of hydrogen-bond acceptors (Lipinski definition) is 9. The van der Waals surface area contributed by atoms with E-state index in [1.54, 1.807) is 35.5 Å². The van der Waals surface area contributed by atoms with Crippen LogP contribution in [0, 0.1) is 0 Å². The quantitative estimate of drug-likeness (QED) is 0.138. The lowest BCUT2D eigenvalue weighted by atomic mass is 9.96. The zero-order chi connectivity index (χ0) is 29.7. The molecule has 222 valence electrons. The van der Waals surface area contributed by atoms with Crippen LogP contribution in [-0.2, 0) is 20.8 Å². The first-order valence-corrected chi connectivity index (χ1v) is 13.2. The highest BCUT2D eigenvalue weighted by atomic mass is 16.7. The molecule has 0 aliphatic carbocycles. The maximum absolute atomic E-state index is 6.14. The first-order chi connectivity index (χ1) is 20.6. The minimum atomic E-state index is -0.00886. The highest BCUT2D eigenvalue weighted by Crippen LogP contribution is 2.51. The first kappa shape index (κ1) is 30.5. The standard InChI is InChI=1S/C33H36O9/c1-34-20-40-26-14-11-24(12-15-26)27-18-30(37-4)31(33(32(27)38-5)42-22-36-3)25-13-16-28(29(17-25)41-21-35-2)39-19-23-9-7-6-8-10-23/h6-18H,19-22H2,1-5H3. The van der Waals surface area contributed by atoms with Crippen LogP contribution in [0.25, 0.3) is 22.3 Å². The molecule has 0 amide bonds. The summed E-state index contributed by atoms with van der Waals surface area (Å²) >= 11 is 0. The van der Waals surface area contributed by atoms with Crippen molar-refractivity contribution in [2.75, 3.05) is 55.9 Å². The fourth-order valence-corrected chi connectivity index (χ4v) is 4.33. The van der Waals surface area contributed by atoms with Crippen molar-refractivity contribution in [2.24, 2.45) is 0 Å². The van der Waals surface area contributed by atoms with E-state index < -0.39 is 0 Å². The second-order valence-corrected chi connectivity index (χ2v) is 8.98. The first-order valence-electron chi connectivity index (χ1n) is 13.2. The molecular weight excluding hydrogens is 540 g/mol. The van der Waals surface area contributed by atoms with Gasteiger partial charge in [-0.3, -0.25) is 0 Å².